The number of hydrogen-bond donors (Lipinski definition) is 3. The van der Waals surface area contributed by atoms with Crippen LogP contribution in [-0.2, 0) is 4.65 Å². The highest BCUT2D eigenvalue weighted by molar-refractivity contribution is 6.43. The molecule has 4 nitrogen and oxygen atoms in total. The van der Waals surface area contributed by atoms with Crippen LogP contribution in [-0.4, -0.2) is 35.1 Å². The molecule has 1 atom stereocenters. The van der Waals surface area contributed by atoms with Crippen LogP contribution in [0.4, 0.5) is 4.39 Å². The number of rotatable bonds is 8. The summed E-state index contributed by atoms with van der Waals surface area (Å²) in [5.74, 6) is -1.00. The van der Waals surface area contributed by atoms with Crippen molar-refractivity contribution >= 4 is 13.2 Å². The molecule has 0 spiro atoms. The van der Waals surface area contributed by atoms with Gasteiger partial charge in [-0.15, -0.1) is 0 Å². The summed E-state index contributed by atoms with van der Waals surface area (Å²) in [6, 6.07) is 4.33. The molecule has 1 unspecified atom stereocenters. The summed E-state index contributed by atoms with van der Waals surface area (Å²) in [4.78, 5) is 0. The Bertz CT molecular complexity index is 699. The predicted molar refractivity (Wildman–Crippen MR) is 102 cm³/mol. The molecule has 0 radical (unpaired) electrons. The highest BCUT2D eigenvalue weighted by Crippen LogP contribution is 2.29. The van der Waals surface area contributed by atoms with Gasteiger partial charge in [0, 0.05) is 6.32 Å². The predicted octanol–water partition coefficient (Wildman–Crippen LogP) is 3.85. The Morgan fingerprint density at radius 3 is 2.85 bits per heavy atom. The van der Waals surface area contributed by atoms with Crippen molar-refractivity contribution in [2.24, 2.45) is 0 Å². The summed E-state index contributed by atoms with van der Waals surface area (Å²) in [6.45, 7) is 5.79. The number of aromatic hydroxyl groups is 1. The molecule has 1 heterocycles. The van der Waals surface area contributed by atoms with Crippen LogP contribution in [0.5, 0.6) is 5.75 Å². The van der Waals surface area contributed by atoms with Crippen LogP contribution < -0.4 is 0 Å². The molecule has 0 saturated carbocycles. The van der Waals surface area contributed by atoms with E-state index in [1.165, 1.54) is 12.1 Å². The van der Waals surface area contributed by atoms with Gasteiger partial charge in [-0.1, -0.05) is 43.7 Å². The van der Waals surface area contributed by atoms with E-state index in [-0.39, 0.29) is 18.5 Å². The molecule has 0 fully saturated rings. The number of allylic oxidation sites excluding steroid dienone is 2. The van der Waals surface area contributed by atoms with Crippen molar-refractivity contribution in [2.75, 3.05) is 6.61 Å². The summed E-state index contributed by atoms with van der Waals surface area (Å²) in [5, 5.41) is 28.4. The van der Waals surface area contributed by atoms with Crippen LogP contribution in [0.1, 0.15) is 38.2 Å². The fourth-order valence-corrected chi connectivity index (χ4v) is 3.12. The average molecular weight is 360 g/mol. The number of aliphatic hydroxyl groups is 1. The van der Waals surface area contributed by atoms with E-state index in [0.29, 0.717) is 30.3 Å². The fraction of sp³-hybridized carbons (Fsp3) is 0.400. The number of halogens is 1. The van der Waals surface area contributed by atoms with Crippen LogP contribution in [0.15, 0.2) is 47.6 Å². The van der Waals surface area contributed by atoms with E-state index in [1.54, 1.807) is 6.07 Å². The molecule has 0 aliphatic carbocycles. The van der Waals surface area contributed by atoms with Crippen molar-refractivity contribution in [3.05, 3.63) is 59.0 Å². The fourth-order valence-electron chi connectivity index (χ4n) is 3.12. The minimum atomic E-state index is -0.847. The molecular weight excluding hydrogens is 334 g/mol. The summed E-state index contributed by atoms with van der Waals surface area (Å²) in [7, 11) is -0.847. The van der Waals surface area contributed by atoms with Crippen molar-refractivity contribution in [1.29, 1.82) is 0 Å². The maximum Gasteiger partial charge on any atom is 0.458 e. The van der Waals surface area contributed by atoms with Gasteiger partial charge in [0.2, 0.25) is 0 Å². The Hall–Kier alpha value is -1.89. The Labute approximate surface area is 154 Å². The second-order valence-corrected chi connectivity index (χ2v) is 6.54. The van der Waals surface area contributed by atoms with Gasteiger partial charge in [-0.25, -0.2) is 4.39 Å². The average Bonchev–Trinajstić information content (AvgIpc) is 2.62. The molecule has 140 valence electrons. The molecule has 26 heavy (non-hydrogen) atoms. The van der Waals surface area contributed by atoms with Gasteiger partial charge in [0.25, 0.3) is 0 Å². The zero-order valence-corrected chi connectivity index (χ0v) is 15.1. The van der Waals surface area contributed by atoms with Gasteiger partial charge < -0.3 is 19.9 Å². The summed E-state index contributed by atoms with van der Waals surface area (Å²) >= 11 is 0. The first kappa shape index (κ1) is 20.4. The van der Waals surface area contributed by atoms with E-state index in [1.807, 2.05) is 12.2 Å². The first-order valence-electron chi connectivity index (χ1n) is 8.95. The van der Waals surface area contributed by atoms with Crippen LogP contribution in [0.25, 0.3) is 6.08 Å². The van der Waals surface area contributed by atoms with Gasteiger partial charge in [0.1, 0.15) is 0 Å². The molecule has 1 aromatic carbocycles. The topological polar surface area (TPSA) is 69.9 Å². The lowest BCUT2D eigenvalue weighted by atomic mass is 9.78. The normalized spacial score (nSPS) is 18.0. The second-order valence-electron chi connectivity index (χ2n) is 6.54. The summed E-state index contributed by atoms with van der Waals surface area (Å²) < 4.78 is 19.2. The second kappa shape index (κ2) is 9.71. The molecule has 0 amide bonds. The molecule has 1 aliphatic heterocycles. The van der Waals surface area contributed by atoms with Crippen molar-refractivity contribution in [3.63, 3.8) is 0 Å². The zero-order valence-electron chi connectivity index (χ0n) is 15.1. The number of benzene rings is 1. The molecule has 0 saturated heterocycles. The lowest BCUT2D eigenvalue weighted by Crippen LogP contribution is -2.32. The number of phenols is 1. The third-order valence-electron chi connectivity index (χ3n) is 4.45. The molecule has 0 aromatic heterocycles. The lowest BCUT2D eigenvalue weighted by molar-refractivity contribution is 0.180. The van der Waals surface area contributed by atoms with Crippen LogP contribution in [0, 0.1) is 5.82 Å². The Morgan fingerprint density at radius 1 is 1.42 bits per heavy atom. The van der Waals surface area contributed by atoms with E-state index < -0.39 is 12.9 Å². The van der Waals surface area contributed by atoms with Gasteiger partial charge in [-0.05, 0) is 48.1 Å². The van der Waals surface area contributed by atoms with Gasteiger partial charge in [0.15, 0.2) is 11.6 Å². The first-order valence-corrected chi connectivity index (χ1v) is 8.95. The van der Waals surface area contributed by atoms with Crippen LogP contribution in [0.2, 0.25) is 6.32 Å². The van der Waals surface area contributed by atoms with Gasteiger partial charge >= 0.3 is 7.12 Å². The van der Waals surface area contributed by atoms with E-state index >= 15 is 0 Å². The van der Waals surface area contributed by atoms with Gasteiger partial charge in [0.05, 0.1) is 12.7 Å². The molecule has 2 rings (SSSR count). The summed E-state index contributed by atoms with van der Waals surface area (Å²) in [5.41, 5.74) is 3.27. The molecule has 1 aliphatic rings. The largest absolute Gasteiger partial charge is 0.505 e. The van der Waals surface area contributed by atoms with Crippen molar-refractivity contribution in [3.8, 4) is 5.75 Å². The van der Waals surface area contributed by atoms with Crippen LogP contribution in [0.3, 0.4) is 0 Å². The highest BCUT2D eigenvalue weighted by Gasteiger charge is 2.28. The minimum Gasteiger partial charge on any atom is -0.505 e. The van der Waals surface area contributed by atoms with E-state index in [9.17, 15) is 19.6 Å². The van der Waals surface area contributed by atoms with E-state index in [0.717, 1.165) is 24.0 Å². The van der Waals surface area contributed by atoms with Crippen molar-refractivity contribution in [1.82, 2.24) is 0 Å². The maximum absolute atomic E-state index is 13.5. The molecular formula is C20H26BFO4. The Kier molecular flexibility index (Phi) is 7.63. The number of hydrogen-bond acceptors (Lipinski definition) is 4. The molecule has 6 heteroatoms. The Morgan fingerprint density at radius 2 is 2.19 bits per heavy atom. The molecule has 3 N–H and O–H groups in total. The van der Waals surface area contributed by atoms with Crippen molar-refractivity contribution in [2.45, 2.75) is 45.0 Å². The van der Waals surface area contributed by atoms with E-state index in [4.69, 9.17) is 4.65 Å². The van der Waals surface area contributed by atoms with Gasteiger partial charge in [-0.2, -0.15) is 0 Å². The highest BCUT2D eigenvalue weighted by atomic mass is 19.1. The molecule has 1 aromatic rings. The third-order valence-corrected chi connectivity index (χ3v) is 4.45. The minimum absolute atomic E-state index is 0.147. The van der Waals surface area contributed by atoms with E-state index in [2.05, 4.69) is 13.5 Å². The monoisotopic (exact) mass is 360 g/mol. The number of aliphatic hydroxyl groups excluding tert-OH is 1. The lowest BCUT2D eigenvalue weighted by Gasteiger charge is -2.28. The SMILES string of the molecule is C=C(CO)C1=CCB(O)OC1CC/C(=C/c1ccc(O)c(F)c1)CCC. The number of phenolic OH excluding ortho intramolecular Hbond substituents is 1. The first-order chi connectivity index (χ1) is 12.4. The maximum atomic E-state index is 13.5. The molecule has 0 bridgehead atoms. The summed E-state index contributed by atoms with van der Waals surface area (Å²) in [6.07, 6.45) is 7.01. The van der Waals surface area contributed by atoms with Crippen molar-refractivity contribution < 1.29 is 24.3 Å². The standard InChI is InChI=1S/C20H26BFO4/c1-3-4-15(11-16-5-7-19(24)18(22)12-16)6-8-20-17(14(2)13-23)9-10-21(25)26-20/h5,7,9,11-12,20,23-25H,2-4,6,8,10,13H2,1H3/b15-11+. The Balaban J connectivity index is 2.12. The third kappa shape index (κ3) is 5.56. The zero-order chi connectivity index (χ0) is 19.1. The smallest absolute Gasteiger partial charge is 0.458 e. The van der Waals surface area contributed by atoms with Crippen LogP contribution >= 0.6 is 0 Å². The van der Waals surface area contributed by atoms with Gasteiger partial charge in [-0.3, -0.25) is 0 Å². The quantitative estimate of drug-likeness (QED) is 0.616.